The molecule has 0 aromatic heterocycles. The second kappa shape index (κ2) is 4.00. The highest BCUT2D eigenvalue weighted by molar-refractivity contribution is 7.85. The Hall–Kier alpha value is -1.04. The molecule has 1 rings (SSSR count). The van der Waals surface area contributed by atoms with Gasteiger partial charge in [-0.3, -0.25) is 4.79 Å². The van der Waals surface area contributed by atoms with Gasteiger partial charge in [-0.15, -0.1) is 0 Å². The van der Waals surface area contributed by atoms with Crippen LogP contribution < -0.4 is 0 Å². The molecule has 1 heterocycles. The lowest BCUT2D eigenvalue weighted by atomic mass is 10.3. The quantitative estimate of drug-likeness (QED) is 0.704. The third-order valence-electron chi connectivity index (χ3n) is 1.79. The van der Waals surface area contributed by atoms with E-state index in [1.165, 1.54) is 13.0 Å². The van der Waals surface area contributed by atoms with Crippen LogP contribution in [0.15, 0.2) is 11.8 Å². The van der Waals surface area contributed by atoms with E-state index in [0.717, 1.165) is 10.7 Å². The first kappa shape index (κ1) is 11.0. The molecule has 0 saturated heterocycles. The van der Waals surface area contributed by atoms with Gasteiger partial charge in [0.25, 0.3) is 5.91 Å². The predicted octanol–water partition coefficient (Wildman–Crippen LogP) is 0.794. The fraction of sp³-hybridized carbons (Fsp3) is 0.625. The molecule has 0 aromatic carbocycles. The van der Waals surface area contributed by atoms with E-state index in [2.05, 4.69) is 4.18 Å². The van der Waals surface area contributed by atoms with E-state index in [9.17, 15) is 13.2 Å². The summed E-state index contributed by atoms with van der Waals surface area (Å²) in [7, 11) is -3.88. The van der Waals surface area contributed by atoms with Crippen molar-refractivity contribution in [3.63, 3.8) is 0 Å². The van der Waals surface area contributed by atoms with E-state index in [-0.39, 0.29) is 12.3 Å². The van der Waals surface area contributed by atoms with Crippen LogP contribution in [0.3, 0.4) is 0 Å². The van der Waals surface area contributed by atoms with Crippen LogP contribution in [0.2, 0.25) is 0 Å². The van der Waals surface area contributed by atoms with Crippen LogP contribution >= 0.6 is 0 Å². The Morgan fingerprint density at radius 2 is 2.14 bits per heavy atom. The minimum absolute atomic E-state index is 0.114. The highest BCUT2D eigenvalue weighted by Gasteiger charge is 2.31. The monoisotopic (exact) mass is 219 g/mol. The zero-order valence-corrected chi connectivity index (χ0v) is 9.00. The second-order valence-corrected chi connectivity index (χ2v) is 4.52. The van der Waals surface area contributed by atoms with Crippen molar-refractivity contribution in [2.75, 3.05) is 6.54 Å². The minimum Gasteiger partial charge on any atom is -0.371 e. The van der Waals surface area contributed by atoms with Crippen LogP contribution in [-0.4, -0.2) is 25.2 Å². The van der Waals surface area contributed by atoms with Crippen molar-refractivity contribution in [2.24, 2.45) is 0 Å². The van der Waals surface area contributed by atoms with Crippen molar-refractivity contribution in [1.82, 2.24) is 4.31 Å². The van der Waals surface area contributed by atoms with E-state index >= 15 is 0 Å². The van der Waals surface area contributed by atoms with Gasteiger partial charge in [0.15, 0.2) is 0 Å². The molecule has 1 amide bonds. The number of hydrogen-bond acceptors (Lipinski definition) is 4. The van der Waals surface area contributed by atoms with E-state index < -0.39 is 16.2 Å². The second-order valence-electron chi connectivity index (χ2n) is 3.06. The first-order valence-electron chi connectivity index (χ1n) is 4.42. The number of hydrogen-bond donors (Lipinski definition) is 0. The normalized spacial score (nSPS) is 20.3. The molecule has 0 bridgehead atoms. The van der Waals surface area contributed by atoms with E-state index in [0.29, 0.717) is 6.42 Å². The third-order valence-corrected chi connectivity index (χ3v) is 3.17. The molecule has 5 nitrogen and oxygen atoms in total. The van der Waals surface area contributed by atoms with Crippen LogP contribution in [-0.2, 0) is 19.3 Å². The number of unbranched alkanes of at least 4 members (excludes halogenated alkanes) is 1. The van der Waals surface area contributed by atoms with Crippen LogP contribution in [0.25, 0.3) is 0 Å². The first-order chi connectivity index (χ1) is 6.47. The van der Waals surface area contributed by atoms with Crippen LogP contribution in [0, 0.1) is 0 Å². The lowest BCUT2D eigenvalue weighted by molar-refractivity contribution is -0.122. The predicted molar refractivity (Wildman–Crippen MR) is 50.4 cm³/mol. The number of carbonyl (C=O) groups is 1. The maximum atomic E-state index is 11.4. The number of nitrogens with zero attached hydrogens (tertiary/aromatic N) is 1. The van der Waals surface area contributed by atoms with E-state index in [1.54, 1.807) is 0 Å². The smallest absolute Gasteiger partial charge is 0.371 e. The summed E-state index contributed by atoms with van der Waals surface area (Å²) in [6.45, 7) is 3.54. The number of amides is 1. The zero-order valence-electron chi connectivity index (χ0n) is 8.19. The molecule has 0 spiro atoms. The average molecular weight is 219 g/mol. The van der Waals surface area contributed by atoms with E-state index in [4.69, 9.17) is 0 Å². The van der Waals surface area contributed by atoms with Gasteiger partial charge in [-0.1, -0.05) is 13.3 Å². The lowest BCUT2D eigenvalue weighted by Crippen LogP contribution is -2.40. The Morgan fingerprint density at radius 3 is 2.64 bits per heavy atom. The molecular weight excluding hydrogens is 206 g/mol. The molecule has 0 aliphatic carbocycles. The third kappa shape index (κ3) is 2.25. The summed E-state index contributed by atoms with van der Waals surface area (Å²) in [5.74, 6) is -0.412. The molecule has 0 atom stereocenters. The van der Waals surface area contributed by atoms with Crippen molar-refractivity contribution < 1.29 is 17.4 Å². The Morgan fingerprint density at radius 1 is 1.50 bits per heavy atom. The Labute approximate surface area is 83.6 Å². The van der Waals surface area contributed by atoms with Crippen LogP contribution in [0.4, 0.5) is 0 Å². The molecule has 0 radical (unpaired) electrons. The molecule has 0 unspecified atom stereocenters. The zero-order chi connectivity index (χ0) is 10.8. The molecule has 6 heteroatoms. The highest BCUT2D eigenvalue weighted by Crippen LogP contribution is 2.17. The molecular formula is C8H13NO4S. The largest absolute Gasteiger partial charge is 0.412 e. The van der Waals surface area contributed by atoms with Crippen molar-refractivity contribution >= 4 is 16.2 Å². The van der Waals surface area contributed by atoms with Crippen molar-refractivity contribution in [3.05, 3.63) is 11.8 Å². The van der Waals surface area contributed by atoms with E-state index in [1.807, 2.05) is 6.92 Å². The Balaban J connectivity index is 2.88. The maximum Gasteiger partial charge on any atom is 0.412 e. The molecule has 0 aromatic rings. The fourth-order valence-electron chi connectivity index (χ4n) is 1.11. The van der Waals surface area contributed by atoms with Gasteiger partial charge in [-0.2, -0.15) is 8.42 Å². The summed E-state index contributed by atoms with van der Waals surface area (Å²) in [5, 5.41) is 0. The highest BCUT2D eigenvalue weighted by atomic mass is 32.2. The SMILES string of the molecule is CCCCN1C(=O)C=C(C)OS1(=O)=O. The van der Waals surface area contributed by atoms with Gasteiger partial charge in [0.2, 0.25) is 0 Å². The lowest BCUT2D eigenvalue weighted by Gasteiger charge is -2.24. The Kier molecular flexibility index (Phi) is 3.15. The van der Waals surface area contributed by atoms with Gasteiger partial charge in [0, 0.05) is 12.6 Å². The standard InChI is InChI=1S/C8H13NO4S/c1-3-4-5-9-8(10)6-7(2)13-14(9,11)12/h6H,3-5H2,1-2H3. The van der Waals surface area contributed by atoms with Crippen molar-refractivity contribution in [3.8, 4) is 0 Å². The van der Waals surface area contributed by atoms with Crippen LogP contribution in [0.5, 0.6) is 0 Å². The molecule has 0 N–H and O–H groups in total. The first-order valence-corrected chi connectivity index (χ1v) is 5.78. The fourth-order valence-corrected chi connectivity index (χ4v) is 2.21. The summed E-state index contributed by atoms with van der Waals surface area (Å²) in [5.41, 5.74) is 0. The maximum absolute atomic E-state index is 11.4. The summed E-state index contributed by atoms with van der Waals surface area (Å²) in [4.78, 5) is 11.3. The van der Waals surface area contributed by atoms with Gasteiger partial charge in [-0.25, -0.2) is 4.31 Å². The van der Waals surface area contributed by atoms with Gasteiger partial charge >= 0.3 is 10.3 Å². The molecule has 14 heavy (non-hydrogen) atoms. The molecule has 0 saturated carbocycles. The topological polar surface area (TPSA) is 63.7 Å². The molecule has 1 aliphatic heterocycles. The van der Waals surface area contributed by atoms with Gasteiger partial charge in [-0.05, 0) is 13.3 Å². The molecule has 0 fully saturated rings. The number of rotatable bonds is 3. The van der Waals surface area contributed by atoms with Gasteiger partial charge < -0.3 is 4.18 Å². The van der Waals surface area contributed by atoms with Gasteiger partial charge in [0.1, 0.15) is 5.76 Å². The van der Waals surface area contributed by atoms with Crippen LogP contribution in [0.1, 0.15) is 26.7 Å². The average Bonchev–Trinajstić information content (AvgIpc) is 2.00. The van der Waals surface area contributed by atoms with Crippen molar-refractivity contribution in [2.45, 2.75) is 26.7 Å². The van der Waals surface area contributed by atoms with Gasteiger partial charge in [0.05, 0.1) is 0 Å². The van der Waals surface area contributed by atoms with Crippen molar-refractivity contribution in [1.29, 1.82) is 0 Å². The summed E-state index contributed by atoms with van der Waals surface area (Å²) < 4.78 is 28.0. The Bertz CT molecular complexity index is 358. The summed E-state index contributed by atoms with van der Waals surface area (Å²) in [6, 6.07) is 0. The minimum atomic E-state index is -3.88. The number of carbonyl (C=O) groups excluding carboxylic acids is 1. The molecule has 1 aliphatic rings. The summed E-state index contributed by atoms with van der Waals surface area (Å²) in [6.07, 6.45) is 2.64. The number of allylic oxidation sites excluding steroid dienone is 1. The summed E-state index contributed by atoms with van der Waals surface area (Å²) >= 11 is 0. The molecule has 80 valence electrons.